The van der Waals surface area contributed by atoms with E-state index in [1.807, 2.05) is 0 Å². The second kappa shape index (κ2) is 6.15. The number of carbonyl (C=O) groups excluding carboxylic acids is 2. The standard InChI is InChI=1S/C12H9F6NO2/c13-11(14,15)9(20)19(10(21)12(16,17)18)7-6-8-4-2-1-3-5-8/h1-5H,6-7H2. The predicted molar refractivity (Wildman–Crippen MR) is 59.0 cm³/mol. The van der Waals surface area contributed by atoms with Crippen molar-refractivity contribution in [3.63, 3.8) is 0 Å². The first-order valence-corrected chi connectivity index (χ1v) is 5.57. The number of halogens is 6. The van der Waals surface area contributed by atoms with Crippen molar-refractivity contribution < 1.29 is 35.9 Å². The van der Waals surface area contributed by atoms with Gasteiger partial charge < -0.3 is 0 Å². The fourth-order valence-corrected chi connectivity index (χ4v) is 1.49. The molecule has 0 bridgehead atoms. The van der Waals surface area contributed by atoms with E-state index in [1.54, 1.807) is 6.07 Å². The van der Waals surface area contributed by atoms with Crippen LogP contribution in [-0.2, 0) is 16.0 Å². The average molecular weight is 313 g/mol. The van der Waals surface area contributed by atoms with E-state index in [4.69, 9.17) is 0 Å². The maximum absolute atomic E-state index is 12.3. The van der Waals surface area contributed by atoms with Crippen LogP contribution >= 0.6 is 0 Å². The molecule has 1 aromatic rings. The first-order valence-electron chi connectivity index (χ1n) is 5.57. The van der Waals surface area contributed by atoms with Crippen LogP contribution in [0, 0.1) is 0 Å². The van der Waals surface area contributed by atoms with E-state index >= 15 is 0 Å². The summed E-state index contributed by atoms with van der Waals surface area (Å²) in [6.07, 6.45) is -11.4. The third kappa shape index (κ3) is 4.76. The van der Waals surface area contributed by atoms with Crippen molar-refractivity contribution in [1.82, 2.24) is 4.90 Å². The summed E-state index contributed by atoms with van der Waals surface area (Å²) in [6, 6.07) is 7.55. The van der Waals surface area contributed by atoms with Crippen LogP contribution in [0.5, 0.6) is 0 Å². The molecule has 0 saturated carbocycles. The summed E-state index contributed by atoms with van der Waals surface area (Å²) in [5.74, 6) is -5.67. The average Bonchev–Trinajstić information content (AvgIpc) is 2.37. The highest BCUT2D eigenvalue weighted by atomic mass is 19.4. The van der Waals surface area contributed by atoms with E-state index < -0.39 is 35.6 Å². The molecule has 0 atom stereocenters. The summed E-state index contributed by atoms with van der Waals surface area (Å²) in [6.45, 7) is -1.01. The van der Waals surface area contributed by atoms with E-state index in [2.05, 4.69) is 0 Å². The molecule has 0 unspecified atom stereocenters. The number of alkyl halides is 6. The molecule has 0 fully saturated rings. The number of benzene rings is 1. The molecule has 21 heavy (non-hydrogen) atoms. The van der Waals surface area contributed by atoms with E-state index in [0.717, 1.165) is 0 Å². The van der Waals surface area contributed by atoms with E-state index in [0.29, 0.717) is 5.56 Å². The lowest BCUT2D eigenvalue weighted by Gasteiger charge is -2.22. The van der Waals surface area contributed by atoms with Gasteiger partial charge in [-0.3, -0.25) is 14.5 Å². The number of hydrogen-bond acceptors (Lipinski definition) is 2. The van der Waals surface area contributed by atoms with Crippen molar-refractivity contribution in [1.29, 1.82) is 0 Å². The number of carbonyl (C=O) groups is 2. The molecule has 0 N–H and O–H groups in total. The SMILES string of the molecule is O=C(N(CCc1ccccc1)C(=O)C(F)(F)F)C(F)(F)F. The van der Waals surface area contributed by atoms with Crippen LogP contribution in [0.25, 0.3) is 0 Å². The number of imide groups is 1. The Morgan fingerprint density at radius 3 is 1.67 bits per heavy atom. The third-order valence-electron chi connectivity index (χ3n) is 2.44. The van der Waals surface area contributed by atoms with Gasteiger partial charge in [-0.2, -0.15) is 26.3 Å². The minimum Gasteiger partial charge on any atom is -0.267 e. The van der Waals surface area contributed by atoms with Gasteiger partial charge in [0.25, 0.3) is 0 Å². The Balaban J connectivity index is 2.93. The molecule has 1 aromatic carbocycles. The Morgan fingerprint density at radius 2 is 1.29 bits per heavy atom. The zero-order chi connectivity index (χ0) is 16.3. The summed E-state index contributed by atoms with van der Waals surface area (Å²) in [5, 5.41) is 0. The lowest BCUT2D eigenvalue weighted by molar-refractivity contribution is -0.203. The monoisotopic (exact) mass is 313 g/mol. The Hall–Kier alpha value is -2.06. The summed E-state index contributed by atoms with van der Waals surface area (Å²) in [7, 11) is 0. The van der Waals surface area contributed by atoms with Gasteiger partial charge in [0.15, 0.2) is 0 Å². The first kappa shape index (κ1) is 17.0. The predicted octanol–water partition coefficient (Wildman–Crippen LogP) is 2.71. The molecular formula is C12H9F6NO2. The maximum atomic E-state index is 12.3. The minimum atomic E-state index is -5.56. The van der Waals surface area contributed by atoms with Crippen LogP contribution in [0.2, 0.25) is 0 Å². The van der Waals surface area contributed by atoms with Crippen LogP contribution in [0.3, 0.4) is 0 Å². The molecular weight excluding hydrogens is 304 g/mol. The van der Waals surface area contributed by atoms with Crippen molar-refractivity contribution in [2.75, 3.05) is 6.54 Å². The highest BCUT2D eigenvalue weighted by molar-refractivity contribution is 6.00. The molecule has 9 heteroatoms. The topological polar surface area (TPSA) is 37.4 Å². The second-order valence-corrected chi connectivity index (χ2v) is 3.99. The van der Waals surface area contributed by atoms with Gasteiger partial charge >= 0.3 is 24.2 Å². The van der Waals surface area contributed by atoms with Crippen molar-refractivity contribution >= 4 is 11.8 Å². The Morgan fingerprint density at radius 1 is 0.857 bits per heavy atom. The van der Waals surface area contributed by atoms with Gasteiger partial charge in [-0.05, 0) is 12.0 Å². The maximum Gasteiger partial charge on any atom is 0.471 e. The number of amides is 2. The molecule has 0 saturated heterocycles. The highest BCUT2D eigenvalue weighted by Crippen LogP contribution is 2.24. The van der Waals surface area contributed by atoms with Gasteiger partial charge in [0.05, 0.1) is 0 Å². The minimum absolute atomic E-state index is 0.315. The van der Waals surface area contributed by atoms with Crippen molar-refractivity contribution in [3.8, 4) is 0 Å². The quantitative estimate of drug-likeness (QED) is 0.805. The molecule has 116 valence electrons. The Bertz CT molecular complexity index is 483. The van der Waals surface area contributed by atoms with E-state index in [1.165, 1.54) is 24.3 Å². The summed E-state index contributed by atoms with van der Waals surface area (Å²) in [4.78, 5) is 21.1. The molecule has 0 aliphatic rings. The Kier molecular flexibility index (Phi) is 4.97. The lowest BCUT2D eigenvalue weighted by Crippen LogP contribution is -2.50. The van der Waals surface area contributed by atoms with Crippen LogP contribution in [-0.4, -0.2) is 35.6 Å². The molecule has 0 spiro atoms. The second-order valence-electron chi connectivity index (χ2n) is 3.99. The number of rotatable bonds is 3. The molecule has 0 aromatic heterocycles. The third-order valence-corrected chi connectivity index (χ3v) is 2.44. The molecule has 0 aliphatic carbocycles. The molecule has 2 amide bonds. The highest BCUT2D eigenvalue weighted by Gasteiger charge is 2.51. The van der Waals surface area contributed by atoms with Crippen molar-refractivity contribution in [2.24, 2.45) is 0 Å². The molecule has 0 radical (unpaired) electrons. The van der Waals surface area contributed by atoms with Gasteiger partial charge in [-0.15, -0.1) is 0 Å². The van der Waals surface area contributed by atoms with Gasteiger partial charge in [0, 0.05) is 6.54 Å². The molecule has 0 aliphatic heterocycles. The number of hydrogen-bond donors (Lipinski definition) is 0. The van der Waals surface area contributed by atoms with Crippen molar-refractivity contribution in [2.45, 2.75) is 18.8 Å². The smallest absolute Gasteiger partial charge is 0.267 e. The van der Waals surface area contributed by atoms with Crippen LogP contribution in [0.15, 0.2) is 30.3 Å². The van der Waals surface area contributed by atoms with Gasteiger partial charge in [-0.25, -0.2) is 0 Å². The lowest BCUT2D eigenvalue weighted by atomic mass is 10.1. The molecule has 1 rings (SSSR count). The first-order chi connectivity index (χ1) is 9.53. The molecule has 3 nitrogen and oxygen atoms in total. The summed E-state index contributed by atoms with van der Waals surface area (Å²) >= 11 is 0. The summed E-state index contributed by atoms with van der Waals surface area (Å²) in [5.41, 5.74) is 0.396. The zero-order valence-corrected chi connectivity index (χ0v) is 10.3. The van der Waals surface area contributed by atoms with Gasteiger partial charge in [0.1, 0.15) is 0 Å². The Labute approximate surface area is 115 Å². The van der Waals surface area contributed by atoms with Crippen LogP contribution in [0.1, 0.15) is 5.56 Å². The van der Waals surface area contributed by atoms with E-state index in [9.17, 15) is 35.9 Å². The zero-order valence-electron chi connectivity index (χ0n) is 10.3. The van der Waals surface area contributed by atoms with E-state index in [-0.39, 0.29) is 6.42 Å². The van der Waals surface area contributed by atoms with Crippen molar-refractivity contribution in [3.05, 3.63) is 35.9 Å². The van der Waals surface area contributed by atoms with Crippen LogP contribution < -0.4 is 0 Å². The van der Waals surface area contributed by atoms with Gasteiger partial charge in [-0.1, -0.05) is 30.3 Å². The molecule has 0 heterocycles. The largest absolute Gasteiger partial charge is 0.471 e. The van der Waals surface area contributed by atoms with Crippen LogP contribution in [0.4, 0.5) is 26.3 Å². The summed E-state index contributed by atoms with van der Waals surface area (Å²) < 4.78 is 73.6. The fourth-order valence-electron chi connectivity index (χ4n) is 1.49. The number of nitrogens with zero attached hydrogens (tertiary/aromatic N) is 1. The fraction of sp³-hybridized carbons (Fsp3) is 0.333. The van der Waals surface area contributed by atoms with Gasteiger partial charge in [0.2, 0.25) is 0 Å². The normalized spacial score (nSPS) is 12.1.